The molecule has 1 fully saturated rings. The first-order chi connectivity index (χ1) is 12.9. The number of carbonyl (C=O) groups is 2. The van der Waals surface area contributed by atoms with E-state index in [2.05, 4.69) is 10.3 Å². The molecule has 0 radical (unpaired) electrons. The van der Waals surface area contributed by atoms with Crippen molar-refractivity contribution in [1.82, 2.24) is 19.6 Å². The number of imide groups is 1. The second kappa shape index (κ2) is 6.03. The molecular formula is C18H13N5O3S. The molecule has 0 spiro atoms. The van der Waals surface area contributed by atoms with Crippen molar-refractivity contribution in [2.75, 3.05) is 0 Å². The molecule has 0 aliphatic carbocycles. The number of nitriles is 1. The Morgan fingerprint density at radius 3 is 2.70 bits per heavy atom. The number of aromatic nitrogens is 2. The predicted octanol–water partition coefficient (Wildman–Crippen LogP) is 1.59. The minimum absolute atomic E-state index is 0.0970. The highest BCUT2D eigenvalue weighted by Crippen LogP contribution is 2.29. The molecule has 2 aromatic heterocycles. The highest BCUT2D eigenvalue weighted by atomic mass is 32.1. The molecular weight excluding hydrogens is 366 g/mol. The van der Waals surface area contributed by atoms with Crippen LogP contribution in [-0.2, 0) is 16.9 Å². The lowest BCUT2D eigenvalue weighted by Crippen LogP contribution is -2.40. The van der Waals surface area contributed by atoms with Crippen LogP contribution in [0.2, 0.25) is 0 Å². The number of nitrogens with one attached hydrogen (secondary N) is 1. The highest BCUT2D eigenvalue weighted by molar-refractivity contribution is 7.15. The van der Waals surface area contributed by atoms with E-state index >= 15 is 0 Å². The average Bonchev–Trinajstić information content (AvgIpc) is 3.21. The van der Waals surface area contributed by atoms with Crippen molar-refractivity contribution < 1.29 is 9.59 Å². The Kier molecular flexibility index (Phi) is 3.78. The van der Waals surface area contributed by atoms with Gasteiger partial charge in [-0.1, -0.05) is 12.1 Å². The zero-order valence-corrected chi connectivity index (χ0v) is 15.0. The van der Waals surface area contributed by atoms with Crippen LogP contribution in [0, 0.1) is 11.3 Å². The molecule has 1 aromatic carbocycles. The van der Waals surface area contributed by atoms with Crippen molar-refractivity contribution >= 4 is 28.2 Å². The van der Waals surface area contributed by atoms with E-state index in [1.54, 1.807) is 42.8 Å². The molecule has 1 aliphatic rings. The lowest BCUT2D eigenvalue weighted by Gasteiger charge is -2.22. The maximum atomic E-state index is 13.0. The van der Waals surface area contributed by atoms with Crippen LogP contribution < -0.4 is 10.9 Å². The molecule has 27 heavy (non-hydrogen) atoms. The standard InChI is InChI=1S/C18H13N5O3S/c1-18(12-4-2-11(9-19)3-5-12)15(25)23(16(26)21-18)10-13-8-14(24)22-6-7-27-17(22)20-13/h2-8H,10H2,1H3,(H,21,26). The van der Waals surface area contributed by atoms with Gasteiger partial charge in [0.25, 0.3) is 11.5 Å². The van der Waals surface area contributed by atoms with Crippen LogP contribution in [0.15, 0.2) is 46.7 Å². The number of fused-ring (bicyclic) bond motifs is 1. The minimum Gasteiger partial charge on any atom is -0.319 e. The van der Waals surface area contributed by atoms with Gasteiger partial charge in [0, 0.05) is 17.6 Å². The van der Waals surface area contributed by atoms with E-state index < -0.39 is 17.5 Å². The van der Waals surface area contributed by atoms with E-state index in [1.165, 1.54) is 21.8 Å². The van der Waals surface area contributed by atoms with E-state index in [0.29, 0.717) is 21.8 Å². The molecule has 134 valence electrons. The fourth-order valence-corrected chi connectivity index (χ4v) is 3.78. The van der Waals surface area contributed by atoms with E-state index in [4.69, 9.17) is 5.26 Å². The Morgan fingerprint density at radius 2 is 2.00 bits per heavy atom. The van der Waals surface area contributed by atoms with Crippen molar-refractivity contribution in [2.45, 2.75) is 19.0 Å². The number of carbonyl (C=O) groups excluding carboxylic acids is 2. The summed E-state index contributed by atoms with van der Waals surface area (Å²) >= 11 is 1.30. The van der Waals surface area contributed by atoms with Gasteiger partial charge in [0.05, 0.1) is 23.9 Å². The maximum absolute atomic E-state index is 13.0. The Bertz CT molecular complexity index is 1170. The van der Waals surface area contributed by atoms with E-state index in [9.17, 15) is 14.4 Å². The highest BCUT2D eigenvalue weighted by Gasteiger charge is 2.49. The third-order valence-corrected chi connectivity index (χ3v) is 5.30. The second-order valence-electron chi connectivity index (χ2n) is 6.28. The molecule has 1 aliphatic heterocycles. The van der Waals surface area contributed by atoms with Crippen LogP contribution in [0.4, 0.5) is 4.79 Å². The topological polar surface area (TPSA) is 108 Å². The molecule has 3 aromatic rings. The molecule has 1 unspecified atom stereocenters. The van der Waals surface area contributed by atoms with Crippen LogP contribution in [0.3, 0.4) is 0 Å². The number of urea groups is 1. The van der Waals surface area contributed by atoms with Crippen molar-refractivity contribution in [1.29, 1.82) is 5.26 Å². The summed E-state index contributed by atoms with van der Waals surface area (Å²) in [5.74, 6) is -0.439. The van der Waals surface area contributed by atoms with Gasteiger partial charge in [0.2, 0.25) is 0 Å². The zero-order valence-electron chi connectivity index (χ0n) is 14.2. The van der Waals surface area contributed by atoms with Gasteiger partial charge in [0.15, 0.2) is 4.96 Å². The molecule has 3 heterocycles. The maximum Gasteiger partial charge on any atom is 0.325 e. The monoisotopic (exact) mass is 379 g/mol. The van der Waals surface area contributed by atoms with Gasteiger partial charge in [-0.05, 0) is 24.6 Å². The summed E-state index contributed by atoms with van der Waals surface area (Å²) in [6.45, 7) is 1.51. The van der Waals surface area contributed by atoms with Crippen molar-refractivity contribution in [3.63, 3.8) is 0 Å². The number of hydrogen-bond acceptors (Lipinski definition) is 6. The molecule has 0 saturated carbocycles. The number of rotatable bonds is 3. The molecule has 3 amide bonds. The Hall–Kier alpha value is -3.51. The van der Waals surface area contributed by atoms with E-state index in [-0.39, 0.29) is 12.1 Å². The lowest BCUT2D eigenvalue weighted by atomic mass is 9.91. The summed E-state index contributed by atoms with van der Waals surface area (Å²) in [5.41, 5.74) is -0.130. The summed E-state index contributed by atoms with van der Waals surface area (Å²) in [7, 11) is 0. The van der Waals surface area contributed by atoms with Crippen molar-refractivity contribution in [3.8, 4) is 6.07 Å². The van der Waals surface area contributed by atoms with Gasteiger partial charge < -0.3 is 5.32 Å². The van der Waals surface area contributed by atoms with Crippen LogP contribution in [0.1, 0.15) is 23.7 Å². The summed E-state index contributed by atoms with van der Waals surface area (Å²) in [6, 6.07) is 9.25. The molecule has 8 nitrogen and oxygen atoms in total. The second-order valence-corrected chi connectivity index (χ2v) is 7.15. The van der Waals surface area contributed by atoms with Gasteiger partial charge in [0.1, 0.15) is 5.54 Å². The predicted molar refractivity (Wildman–Crippen MR) is 96.9 cm³/mol. The van der Waals surface area contributed by atoms with Crippen molar-refractivity contribution in [3.05, 3.63) is 69.1 Å². The molecule has 1 saturated heterocycles. The summed E-state index contributed by atoms with van der Waals surface area (Å²) < 4.78 is 1.40. The average molecular weight is 379 g/mol. The Morgan fingerprint density at radius 1 is 1.26 bits per heavy atom. The van der Waals surface area contributed by atoms with Gasteiger partial charge in [-0.15, -0.1) is 11.3 Å². The number of amides is 3. The summed E-state index contributed by atoms with van der Waals surface area (Å²) in [6.07, 6.45) is 1.62. The van der Waals surface area contributed by atoms with Crippen LogP contribution in [0.25, 0.3) is 4.96 Å². The normalized spacial score (nSPS) is 19.3. The number of nitrogens with zero attached hydrogens (tertiary/aromatic N) is 4. The fraction of sp³-hybridized carbons (Fsp3) is 0.167. The van der Waals surface area contributed by atoms with Gasteiger partial charge in [-0.25, -0.2) is 9.78 Å². The SMILES string of the molecule is CC1(c2ccc(C#N)cc2)NC(=O)N(Cc2cc(=O)n3ccsc3n2)C1=O. The number of thiazole rings is 1. The van der Waals surface area contributed by atoms with Crippen LogP contribution in [-0.4, -0.2) is 26.2 Å². The number of hydrogen-bond donors (Lipinski definition) is 1. The third-order valence-electron chi connectivity index (χ3n) is 4.54. The molecule has 1 N–H and O–H groups in total. The molecule has 9 heteroatoms. The van der Waals surface area contributed by atoms with E-state index in [0.717, 1.165) is 4.90 Å². The first-order valence-corrected chi connectivity index (χ1v) is 8.91. The van der Waals surface area contributed by atoms with Crippen molar-refractivity contribution in [2.24, 2.45) is 0 Å². The first-order valence-electron chi connectivity index (χ1n) is 8.03. The molecule has 0 bridgehead atoms. The lowest BCUT2D eigenvalue weighted by molar-refractivity contribution is -0.131. The van der Waals surface area contributed by atoms with Gasteiger partial charge in [-0.3, -0.25) is 18.9 Å². The third kappa shape index (κ3) is 2.67. The zero-order chi connectivity index (χ0) is 19.2. The quantitative estimate of drug-likeness (QED) is 0.696. The first kappa shape index (κ1) is 16.9. The molecule has 1 atom stereocenters. The minimum atomic E-state index is -1.24. The number of benzene rings is 1. The summed E-state index contributed by atoms with van der Waals surface area (Å²) in [4.78, 5) is 43.4. The van der Waals surface area contributed by atoms with Gasteiger partial charge >= 0.3 is 6.03 Å². The Labute approximate surface area is 157 Å². The smallest absolute Gasteiger partial charge is 0.319 e. The van der Waals surface area contributed by atoms with Crippen LogP contribution >= 0.6 is 11.3 Å². The Balaban J connectivity index is 1.65. The van der Waals surface area contributed by atoms with E-state index in [1.807, 2.05) is 6.07 Å². The van der Waals surface area contributed by atoms with Gasteiger partial charge in [-0.2, -0.15) is 5.26 Å². The molecule has 4 rings (SSSR count). The van der Waals surface area contributed by atoms with Crippen LogP contribution in [0.5, 0.6) is 0 Å². The summed E-state index contributed by atoms with van der Waals surface area (Å²) in [5, 5.41) is 13.3. The fourth-order valence-electron chi connectivity index (χ4n) is 3.05. The largest absolute Gasteiger partial charge is 0.325 e.